The number of carboxylic acid groups (broad SMARTS) is 2. The maximum absolute atomic E-state index is 13.9. The predicted molar refractivity (Wildman–Crippen MR) is 106 cm³/mol. The summed E-state index contributed by atoms with van der Waals surface area (Å²) in [6, 6.07) is 5.82. The van der Waals surface area contributed by atoms with Crippen molar-refractivity contribution in [3.8, 4) is 0 Å². The third-order valence-electron chi connectivity index (χ3n) is 4.06. The monoisotopic (exact) mass is 435 g/mol. The van der Waals surface area contributed by atoms with Gasteiger partial charge in [0.2, 0.25) is 5.78 Å². The van der Waals surface area contributed by atoms with E-state index in [0.717, 1.165) is 18.7 Å². The first-order valence-corrected chi connectivity index (χ1v) is 8.79. The van der Waals surface area contributed by atoms with E-state index < -0.39 is 29.4 Å². The lowest BCUT2D eigenvalue weighted by Gasteiger charge is -2.08. The summed E-state index contributed by atoms with van der Waals surface area (Å²) >= 11 is 0. The Kier molecular flexibility index (Phi) is 7.37. The molecule has 0 bridgehead atoms. The molecular weight excluding hydrogens is 416 g/mol. The number of nitrogens with zero attached hydrogens (tertiary/aromatic N) is 2. The molecule has 3 aromatic rings. The molecule has 0 fully saturated rings. The summed E-state index contributed by atoms with van der Waals surface area (Å²) in [5.41, 5.74) is 7.36. The Morgan fingerprint density at radius 3 is 2.29 bits per heavy atom. The van der Waals surface area contributed by atoms with Crippen LogP contribution in [0.2, 0.25) is 0 Å². The van der Waals surface area contributed by atoms with Gasteiger partial charge in [-0.1, -0.05) is 0 Å². The number of furan rings is 1. The number of carbonyl (C=O) groups is 3. The molecule has 0 spiro atoms. The predicted octanol–water partition coefficient (Wildman–Crippen LogP) is 2.18. The van der Waals surface area contributed by atoms with E-state index in [1.807, 2.05) is 19.0 Å². The molecule has 0 aliphatic carbocycles. The highest BCUT2D eigenvalue weighted by atomic mass is 19.1. The van der Waals surface area contributed by atoms with Crippen molar-refractivity contribution in [3.05, 3.63) is 58.8 Å². The van der Waals surface area contributed by atoms with Gasteiger partial charge in [0.25, 0.3) is 0 Å². The summed E-state index contributed by atoms with van der Waals surface area (Å²) in [5, 5.41) is 14.8. The van der Waals surface area contributed by atoms with Gasteiger partial charge in [-0.2, -0.15) is 0 Å². The molecule has 0 saturated heterocycles. The van der Waals surface area contributed by atoms with Crippen LogP contribution in [0.4, 0.5) is 14.7 Å². The molecule has 0 aliphatic rings. The number of hydrogen-bond donors (Lipinski definition) is 3. The number of hydrogen-bond acceptors (Lipinski definition) is 7. The van der Waals surface area contributed by atoms with E-state index in [1.165, 1.54) is 6.07 Å². The quantitative estimate of drug-likeness (QED) is 0.405. The van der Waals surface area contributed by atoms with Gasteiger partial charge in [0.1, 0.15) is 22.8 Å². The van der Waals surface area contributed by atoms with E-state index in [0.29, 0.717) is 29.2 Å². The molecule has 0 unspecified atom stereocenters. The molecule has 1 aromatic carbocycles. The summed E-state index contributed by atoms with van der Waals surface area (Å²) in [6.07, 6.45) is 0.599. The first-order chi connectivity index (χ1) is 14.5. The van der Waals surface area contributed by atoms with Crippen LogP contribution in [0.5, 0.6) is 0 Å². The smallest absolute Gasteiger partial charge is 0.414 e. The van der Waals surface area contributed by atoms with Gasteiger partial charge in [-0.3, -0.25) is 4.79 Å². The van der Waals surface area contributed by atoms with Gasteiger partial charge < -0.3 is 25.3 Å². The van der Waals surface area contributed by atoms with Crippen LogP contribution in [-0.4, -0.2) is 58.5 Å². The molecule has 2 aromatic heterocycles. The number of rotatable bonds is 5. The van der Waals surface area contributed by atoms with Crippen molar-refractivity contribution in [2.24, 2.45) is 0 Å². The zero-order chi connectivity index (χ0) is 23.3. The zero-order valence-electron chi connectivity index (χ0n) is 16.6. The van der Waals surface area contributed by atoms with Crippen LogP contribution in [0.15, 0.2) is 34.7 Å². The number of carboxylic acids is 2. The molecule has 3 rings (SSSR count). The Morgan fingerprint density at radius 2 is 1.74 bits per heavy atom. The molecule has 164 valence electrons. The Hall–Kier alpha value is -3.86. The van der Waals surface area contributed by atoms with Gasteiger partial charge in [0, 0.05) is 18.2 Å². The molecule has 31 heavy (non-hydrogen) atoms. The van der Waals surface area contributed by atoms with Crippen LogP contribution in [0.3, 0.4) is 0 Å². The second kappa shape index (κ2) is 9.76. The van der Waals surface area contributed by atoms with Crippen molar-refractivity contribution >= 4 is 34.7 Å². The molecular formula is C20H19F2N3O6. The van der Waals surface area contributed by atoms with Crippen LogP contribution < -0.4 is 5.73 Å². The molecule has 0 amide bonds. The van der Waals surface area contributed by atoms with Crippen molar-refractivity contribution in [2.45, 2.75) is 6.42 Å². The van der Waals surface area contributed by atoms with Gasteiger partial charge in [-0.05, 0) is 44.8 Å². The SMILES string of the molecule is CN(C)CCc1c(N)oc2ccc(C(=O)c3ccc(F)cc3F)nc12.O=C(O)C(=O)O. The van der Waals surface area contributed by atoms with E-state index in [1.54, 1.807) is 6.07 Å². The van der Waals surface area contributed by atoms with E-state index in [-0.39, 0.29) is 17.1 Å². The number of likely N-dealkylation sites (N-methyl/N-ethyl adjacent to an activating group) is 1. The summed E-state index contributed by atoms with van der Waals surface area (Å²) in [4.78, 5) is 37.0. The van der Waals surface area contributed by atoms with Crippen molar-refractivity contribution in [1.82, 2.24) is 9.88 Å². The van der Waals surface area contributed by atoms with Crippen LogP contribution in [0, 0.1) is 11.6 Å². The number of ketones is 1. The molecule has 2 heterocycles. The van der Waals surface area contributed by atoms with Gasteiger partial charge in [0.05, 0.1) is 5.56 Å². The lowest BCUT2D eigenvalue weighted by atomic mass is 10.1. The standard InChI is InChI=1S/C18H17F2N3O2.C2H2O4/c1-23(2)8-7-12-16-15(25-18(12)21)6-5-14(22-16)17(24)11-4-3-10(19)9-13(11)20;3-1(4)2(5)6/h3-6,9H,7-8,21H2,1-2H3;(H,3,4)(H,5,6). The average molecular weight is 435 g/mol. The highest BCUT2D eigenvalue weighted by Crippen LogP contribution is 2.28. The topological polar surface area (TPSA) is 147 Å². The molecule has 0 aliphatic heterocycles. The van der Waals surface area contributed by atoms with Crippen molar-refractivity contribution in [2.75, 3.05) is 26.4 Å². The van der Waals surface area contributed by atoms with Gasteiger partial charge in [0.15, 0.2) is 11.5 Å². The summed E-state index contributed by atoms with van der Waals surface area (Å²) in [7, 11) is 3.86. The highest BCUT2D eigenvalue weighted by molar-refractivity contribution is 6.27. The van der Waals surface area contributed by atoms with E-state index in [4.69, 9.17) is 30.0 Å². The van der Waals surface area contributed by atoms with Crippen LogP contribution >= 0.6 is 0 Å². The van der Waals surface area contributed by atoms with Gasteiger partial charge >= 0.3 is 11.9 Å². The first-order valence-electron chi connectivity index (χ1n) is 8.79. The number of pyridine rings is 1. The van der Waals surface area contributed by atoms with Crippen molar-refractivity contribution < 1.29 is 37.8 Å². The normalized spacial score (nSPS) is 10.6. The van der Waals surface area contributed by atoms with Crippen molar-refractivity contribution in [3.63, 3.8) is 0 Å². The number of benzene rings is 1. The Morgan fingerprint density at radius 1 is 1.10 bits per heavy atom. The van der Waals surface area contributed by atoms with Crippen LogP contribution in [0.25, 0.3) is 11.1 Å². The zero-order valence-corrected chi connectivity index (χ0v) is 16.6. The molecule has 11 heteroatoms. The van der Waals surface area contributed by atoms with E-state index in [9.17, 15) is 13.6 Å². The Labute approximate surface area is 174 Å². The highest BCUT2D eigenvalue weighted by Gasteiger charge is 2.19. The fraction of sp³-hybridized carbons (Fsp3) is 0.200. The number of carbonyl (C=O) groups excluding carboxylic acids is 1. The average Bonchev–Trinajstić information content (AvgIpc) is 3.00. The molecule has 0 atom stereocenters. The minimum Gasteiger partial charge on any atom is -0.473 e. The fourth-order valence-electron chi connectivity index (χ4n) is 2.56. The largest absolute Gasteiger partial charge is 0.473 e. The lowest BCUT2D eigenvalue weighted by molar-refractivity contribution is -0.159. The van der Waals surface area contributed by atoms with Crippen LogP contribution in [0.1, 0.15) is 21.6 Å². The molecule has 9 nitrogen and oxygen atoms in total. The first kappa shape index (κ1) is 23.4. The number of aliphatic carboxylic acids is 2. The van der Waals surface area contributed by atoms with Crippen LogP contribution in [-0.2, 0) is 16.0 Å². The second-order valence-electron chi connectivity index (χ2n) is 6.60. The number of aromatic nitrogens is 1. The van der Waals surface area contributed by atoms with E-state index in [2.05, 4.69) is 4.98 Å². The van der Waals surface area contributed by atoms with Crippen molar-refractivity contribution in [1.29, 1.82) is 0 Å². The Balaban J connectivity index is 0.000000501. The fourth-order valence-corrected chi connectivity index (χ4v) is 2.56. The number of anilines is 1. The maximum Gasteiger partial charge on any atom is 0.414 e. The van der Waals surface area contributed by atoms with Gasteiger partial charge in [-0.25, -0.2) is 23.4 Å². The summed E-state index contributed by atoms with van der Waals surface area (Å²) in [6.45, 7) is 0.727. The second-order valence-corrected chi connectivity index (χ2v) is 6.60. The number of halogens is 2. The number of fused-ring (bicyclic) bond motifs is 1. The lowest BCUT2D eigenvalue weighted by Crippen LogP contribution is -2.15. The number of nitrogens with two attached hydrogens (primary N) is 1. The maximum atomic E-state index is 13.9. The third kappa shape index (κ3) is 5.82. The van der Waals surface area contributed by atoms with E-state index >= 15 is 0 Å². The molecule has 0 radical (unpaired) electrons. The third-order valence-corrected chi connectivity index (χ3v) is 4.06. The summed E-state index contributed by atoms with van der Waals surface area (Å²) in [5.74, 6) is -5.69. The summed E-state index contributed by atoms with van der Waals surface area (Å²) < 4.78 is 32.4. The minimum absolute atomic E-state index is 0.0462. The minimum atomic E-state index is -1.82. The Bertz CT molecular complexity index is 1130. The van der Waals surface area contributed by atoms with Gasteiger partial charge in [-0.15, -0.1) is 0 Å². The molecule has 4 N–H and O–H groups in total. The number of nitrogen functional groups attached to an aromatic ring is 1. The molecule has 0 saturated carbocycles.